The Morgan fingerprint density at radius 3 is 2.92 bits per heavy atom. The summed E-state index contributed by atoms with van der Waals surface area (Å²) < 4.78 is 29.6. The van der Waals surface area contributed by atoms with Crippen LogP contribution in [-0.2, 0) is 6.42 Å². The van der Waals surface area contributed by atoms with E-state index in [-0.39, 0.29) is 6.54 Å². The number of aromatic nitrogens is 1. The van der Waals surface area contributed by atoms with Crippen LogP contribution in [0.25, 0.3) is 10.1 Å². The van der Waals surface area contributed by atoms with E-state index in [1.807, 2.05) is 6.20 Å². The molecule has 3 nitrogen and oxygen atoms in total. The number of nitrogens with one attached hydrogen (secondary N) is 1. The van der Waals surface area contributed by atoms with Gasteiger partial charge in [-0.2, -0.15) is 0 Å². The van der Waals surface area contributed by atoms with E-state index in [2.05, 4.69) is 29.1 Å². The van der Waals surface area contributed by atoms with Crippen LogP contribution in [0.4, 0.5) is 14.5 Å². The molecule has 1 N–H and O–H groups in total. The van der Waals surface area contributed by atoms with Crippen molar-refractivity contribution in [2.45, 2.75) is 38.7 Å². The summed E-state index contributed by atoms with van der Waals surface area (Å²) in [6.07, 6.45) is 4.71. The summed E-state index contributed by atoms with van der Waals surface area (Å²) in [7, 11) is 1.73. The quantitative estimate of drug-likeness (QED) is 0.850. The van der Waals surface area contributed by atoms with E-state index in [1.54, 1.807) is 36.4 Å². The Hall–Kier alpha value is -1.71. The first-order valence-corrected chi connectivity index (χ1v) is 8.93. The summed E-state index contributed by atoms with van der Waals surface area (Å²) in [5.74, 6) is 3.30. The Morgan fingerprint density at radius 1 is 1.46 bits per heavy atom. The molecule has 0 amide bonds. The number of halogens is 2. The summed E-state index contributed by atoms with van der Waals surface area (Å²) in [5, 5.41) is 4.08. The number of rotatable bonds is 3. The molecule has 1 saturated heterocycles. The first-order chi connectivity index (χ1) is 11.5. The van der Waals surface area contributed by atoms with Crippen molar-refractivity contribution in [3.8, 4) is 11.8 Å². The lowest BCUT2D eigenvalue weighted by Crippen LogP contribution is -2.53. The molecule has 1 fully saturated rings. The van der Waals surface area contributed by atoms with Crippen molar-refractivity contribution < 1.29 is 8.78 Å². The Kier molecular flexibility index (Phi) is 4.75. The Balaban J connectivity index is 1.99. The molecule has 3 rings (SSSR count). The number of pyridine rings is 1. The van der Waals surface area contributed by atoms with Gasteiger partial charge in [-0.15, -0.1) is 17.3 Å². The number of nitrogens with zero attached hydrogens (tertiary/aromatic N) is 2. The Labute approximate surface area is 145 Å². The minimum atomic E-state index is -2.76. The summed E-state index contributed by atoms with van der Waals surface area (Å²) in [6.45, 7) is 4.33. The lowest BCUT2D eigenvalue weighted by Gasteiger charge is -2.37. The summed E-state index contributed by atoms with van der Waals surface area (Å²) >= 11 is 1.56. The van der Waals surface area contributed by atoms with E-state index in [9.17, 15) is 8.78 Å². The molecule has 128 valence electrons. The van der Waals surface area contributed by atoms with Gasteiger partial charge in [-0.05, 0) is 32.4 Å². The Morgan fingerprint density at radius 2 is 2.25 bits per heavy atom. The van der Waals surface area contributed by atoms with Crippen LogP contribution in [0.3, 0.4) is 0 Å². The first-order valence-electron chi connectivity index (χ1n) is 8.11. The number of fused-ring (bicyclic) bond motifs is 1. The SMILES string of the molecule is CC#Cc1sc2c(NC3CCN(C)CC3(F)F)cncc2c1CC. The maximum atomic E-state index is 14.3. The van der Waals surface area contributed by atoms with E-state index in [0.29, 0.717) is 18.7 Å². The molecule has 0 bridgehead atoms. The fourth-order valence-corrected chi connectivity index (χ4v) is 4.45. The molecule has 0 aliphatic carbocycles. The third-order valence-corrected chi connectivity index (χ3v) is 5.61. The van der Waals surface area contributed by atoms with Gasteiger partial charge in [-0.3, -0.25) is 4.98 Å². The zero-order chi connectivity index (χ0) is 17.3. The van der Waals surface area contributed by atoms with Gasteiger partial charge in [0.1, 0.15) is 0 Å². The van der Waals surface area contributed by atoms with Crippen molar-refractivity contribution in [1.82, 2.24) is 9.88 Å². The van der Waals surface area contributed by atoms with Gasteiger partial charge in [0, 0.05) is 18.1 Å². The molecule has 1 atom stereocenters. The third-order valence-electron chi connectivity index (χ3n) is 4.41. The molecule has 2 aromatic rings. The van der Waals surface area contributed by atoms with Gasteiger partial charge >= 0.3 is 0 Å². The highest BCUT2D eigenvalue weighted by atomic mass is 32.1. The zero-order valence-electron chi connectivity index (χ0n) is 14.1. The number of thiophene rings is 1. The molecular formula is C18H21F2N3S. The minimum absolute atomic E-state index is 0.217. The largest absolute Gasteiger partial charge is 0.374 e. The van der Waals surface area contributed by atoms with E-state index in [0.717, 1.165) is 26.9 Å². The monoisotopic (exact) mass is 349 g/mol. The van der Waals surface area contributed by atoms with Crippen LogP contribution in [0.15, 0.2) is 12.4 Å². The fourth-order valence-electron chi connectivity index (χ4n) is 3.20. The van der Waals surface area contributed by atoms with E-state index in [1.165, 1.54) is 0 Å². The van der Waals surface area contributed by atoms with Gasteiger partial charge in [-0.25, -0.2) is 8.78 Å². The predicted molar refractivity (Wildman–Crippen MR) is 96.0 cm³/mol. The van der Waals surface area contributed by atoms with E-state index in [4.69, 9.17) is 0 Å². The molecule has 0 spiro atoms. The van der Waals surface area contributed by atoms with Crippen LogP contribution in [0.2, 0.25) is 0 Å². The van der Waals surface area contributed by atoms with Crippen molar-refractivity contribution in [3.05, 3.63) is 22.8 Å². The average Bonchev–Trinajstić information content (AvgIpc) is 2.88. The topological polar surface area (TPSA) is 28.2 Å². The number of piperidine rings is 1. The third kappa shape index (κ3) is 3.11. The van der Waals surface area contributed by atoms with Crippen molar-refractivity contribution in [3.63, 3.8) is 0 Å². The second-order valence-electron chi connectivity index (χ2n) is 6.19. The number of anilines is 1. The smallest absolute Gasteiger partial charge is 0.280 e. The van der Waals surface area contributed by atoms with Crippen molar-refractivity contribution in [2.24, 2.45) is 0 Å². The van der Waals surface area contributed by atoms with Crippen LogP contribution in [0.5, 0.6) is 0 Å². The lowest BCUT2D eigenvalue weighted by molar-refractivity contribution is -0.0672. The van der Waals surface area contributed by atoms with E-state index >= 15 is 0 Å². The molecule has 24 heavy (non-hydrogen) atoms. The zero-order valence-corrected chi connectivity index (χ0v) is 14.9. The molecule has 1 aliphatic rings. The second-order valence-corrected chi connectivity index (χ2v) is 7.21. The van der Waals surface area contributed by atoms with Crippen LogP contribution >= 0.6 is 11.3 Å². The van der Waals surface area contributed by atoms with Crippen LogP contribution < -0.4 is 5.32 Å². The number of hydrogen-bond acceptors (Lipinski definition) is 4. The second kappa shape index (κ2) is 6.66. The Bertz CT molecular complexity index is 804. The first kappa shape index (κ1) is 17.1. The molecule has 2 aromatic heterocycles. The van der Waals surface area contributed by atoms with Gasteiger partial charge in [0.05, 0.1) is 34.0 Å². The highest BCUT2D eigenvalue weighted by Gasteiger charge is 2.43. The molecular weight excluding hydrogens is 328 g/mol. The summed E-state index contributed by atoms with van der Waals surface area (Å²) in [6, 6.07) is -0.867. The molecule has 1 aliphatic heterocycles. The van der Waals surface area contributed by atoms with Gasteiger partial charge in [0.25, 0.3) is 5.92 Å². The number of aryl methyl sites for hydroxylation is 1. The van der Waals surface area contributed by atoms with E-state index < -0.39 is 12.0 Å². The molecule has 3 heterocycles. The maximum Gasteiger partial charge on any atom is 0.280 e. The normalized spacial score (nSPS) is 20.6. The molecule has 0 aromatic carbocycles. The predicted octanol–water partition coefficient (Wildman–Crippen LogP) is 3.98. The molecule has 0 saturated carbocycles. The maximum absolute atomic E-state index is 14.3. The highest BCUT2D eigenvalue weighted by molar-refractivity contribution is 7.20. The lowest BCUT2D eigenvalue weighted by atomic mass is 10.0. The molecule has 0 radical (unpaired) electrons. The number of likely N-dealkylation sites (tertiary alicyclic amines) is 1. The average molecular weight is 349 g/mol. The highest BCUT2D eigenvalue weighted by Crippen LogP contribution is 2.37. The van der Waals surface area contributed by atoms with Crippen molar-refractivity contribution in [2.75, 3.05) is 25.5 Å². The summed E-state index contributed by atoms with van der Waals surface area (Å²) in [4.78, 5) is 6.94. The molecule has 1 unspecified atom stereocenters. The van der Waals surface area contributed by atoms with Gasteiger partial charge < -0.3 is 10.2 Å². The minimum Gasteiger partial charge on any atom is -0.374 e. The molecule has 6 heteroatoms. The van der Waals surface area contributed by atoms with Crippen LogP contribution in [0, 0.1) is 11.8 Å². The standard InChI is InChI=1S/C18H21F2N3S/c1-4-6-15-12(5-2)13-9-21-10-14(17(13)24-15)22-16-7-8-23(3)11-18(16,19)20/h9-10,16,22H,5,7-8,11H2,1-3H3. The van der Waals surface area contributed by atoms with Gasteiger partial charge in [-0.1, -0.05) is 12.8 Å². The van der Waals surface area contributed by atoms with Crippen molar-refractivity contribution in [1.29, 1.82) is 0 Å². The fraction of sp³-hybridized carbons (Fsp3) is 0.500. The van der Waals surface area contributed by atoms with Gasteiger partial charge in [0.2, 0.25) is 0 Å². The van der Waals surface area contributed by atoms with Crippen molar-refractivity contribution >= 4 is 27.1 Å². The van der Waals surface area contributed by atoms with Gasteiger partial charge in [0.15, 0.2) is 0 Å². The number of hydrogen-bond donors (Lipinski definition) is 1. The van der Waals surface area contributed by atoms with Crippen LogP contribution in [-0.4, -0.2) is 42.0 Å². The van der Waals surface area contributed by atoms with Crippen LogP contribution in [0.1, 0.15) is 30.7 Å². The summed E-state index contributed by atoms with van der Waals surface area (Å²) in [5.41, 5.74) is 1.83. The number of alkyl halides is 2.